The summed E-state index contributed by atoms with van der Waals surface area (Å²) in [6.07, 6.45) is 6.20. The first-order valence-corrected chi connectivity index (χ1v) is 14.6. The summed E-state index contributed by atoms with van der Waals surface area (Å²) in [5, 5.41) is 0. The molecule has 36 heavy (non-hydrogen) atoms. The molecule has 0 radical (unpaired) electrons. The average Bonchev–Trinajstić information content (AvgIpc) is 3.28. The molecule has 8 nitrogen and oxygen atoms in total. The van der Waals surface area contributed by atoms with E-state index >= 15 is 0 Å². The highest BCUT2D eigenvalue weighted by molar-refractivity contribution is 7.87. The van der Waals surface area contributed by atoms with E-state index in [1.54, 1.807) is 12.1 Å². The molecular formula is C26H41FN4O4S. The number of likely N-dealkylation sites (N-methyl/N-ethyl adjacent to an activating group) is 1. The molecule has 0 bridgehead atoms. The molecule has 1 aromatic carbocycles. The van der Waals surface area contributed by atoms with E-state index in [1.165, 1.54) is 24.5 Å². The number of carbonyl (C=O) groups is 1. The molecule has 3 aliphatic rings. The van der Waals surface area contributed by atoms with Gasteiger partial charge in [0.25, 0.3) is 10.2 Å². The van der Waals surface area contributed by atoms with Crippen LogP contribution in [0.4, 0.5) is 4.39 Å². The lowest BCUT2D eigenvalue weighted by molar-refractivity contribution is -0.138. The van der Waals surface area contributed by atoms with Gasteiger partial charge >= 0.3 is 0 Å². The smallest absolute Gasteiger partial charge is 0.279 e. The van der Waals surface area contributed by atoms with Gasteiger partial charge in [-0.1, -0.05) is 12.1 Å². The third-order valence-corrected chi connectivity index (χ3v) is 9.73. The zero-order chi connectivity index (χ0) is 25.9. The SMILES string of the molecule is CN1CCCC1C(=O)N1CC[C@H](NS(=O)(=O)N(C)C)[C@H](COC2CCC(c3cccc(F)c3)CC2)C1. The molecule has 1 N–H and O–H groups in total. The molecular weight excluding hydrogens is 483 g/mol. The quantitative estimate of drug-likeness (QED) is 0.565. The number of rotatable bonds is 8. The Labute approximate surface area is 215 Å². The van der Waals surface area contributed by atoms with Crippen LogP contribution in [0.25, 0.3) is 0 Å². The predicted octanol–water partition coefficient (Wildman–Crippen LogP) is 2.58. The molecule has 0 spiro atoms. The normalized spacial score (nSPS) is 30.1. The number of amides is 1. The van der Waals surface area contributed by atoms with E-state index in [0.29, 0.717) is 32.0 Å². The first kappa shape index (κ1) is 27.4. The van der Waals surface area contributed by atoms with Crippen LogP contribution in [0.5, 0.6) is 0 Å². The van der Waals surface area contributed by atoms with E-state index in [0.717, 1.165) is 50.6 Å². The molecule has 1 saturated carbocycles. The third-order valence-electron chi connectivity index (χ3n) is 8.17. The van der Waals surface area contributed by atoms with Gasteiger partial charge in [-0.05, 0) is 82.2 Å². The molecule has 3 atom stereocenters. The summed E-state index contributed by atoms with van der Waals surface area (Å²) in [5.41, 5.74) is 1.05. The predicted molar refractivity (Wildman–Crippen MR) is 137 cm³/mol. The molecule has 2 heterocycles. The summed E-state index contributed by atoms with van der Waals surface area (Å²) in [7, 11) is 1.43. The van der Waals surface area contributed by atoms with Crippen molar-refractivity contribution in [3.63, 3.8) is 0 Å². The van der Waals surface area contributed by atoms with Crippen molar-refractivity contribution in [1.29, 1.82) is 0 Å². The van der Waals surface area contributed by atoms with Crippen LogP contribution in [0.3, 0.4) is 0 Å². The van der Waals surface area contributed by atoms with Gasteiger partial charge in [0.05, 0.1) is 18.8 Å². The van der Waals surface area contributed by atoms with Crippen molar-refractivity contribution in [1.82, 2.24) is 18.8 Å². The van der Waals surface area contributed by atoms with Gasteiger partial charge in [-0.2, -0.15) is 17.4 Å². The Hall–Kier alpha value is -1.59. The lowest BCUT2D eigenvalue weighted by atomic mass is 9.82. The number of hydrogen-bond acceptors (Lipinski definition) is 5. The summed E-state index contributed by atoms with van der Waals surface area (Å²) in [6, 6.07) is 6.49. The zero-order valence-corrected chi connectivity index (χ0v) is 22.6. The van der Waals surface area contributed by atoms with Crippen LogP contribution < -0.4 is 4.72 Å². The lowest BCUT2D eigenvalue weighted by Gasteiger charge is -2.41. The van der Waals surface area contributed by atoms with Gasteiger partial charge in [0.2, 0.25) is 5.91 Å². The molecule has 3 fully saturated rings. The molecule has 2 aliphatic heterocycles. The first-order chi connectivity index (χ1) is 17.1. The molecule has 1 aromatic rings. The maximum absolute atomic E-state index is 13.6. The van der Waals surface area contributed by atoms with Gasteiger partial charge in [-0.25, -0.2) is 4.39 Å². The van der Waals surface area contributed by atoms with Gasteiger partial charge < -0.3 is 9.64 Å². The first-order valence-electron chi connectivity index (χ1n) is 13.2. The van der Waals surface area contributed by atoms with Gasteiger partial charge in [-0.15, -0.1) is 0 Å². The lowest BCUT2D eigenvalue weighted by Crippen LogP contribution is -2.57. The van der Waals surface area contributed by atoms with Crippen molar-refractivity contribution >= 4 is 16.1 Å². The van der Waals surface area contributed by atoms with Gasteiger partial charge in [-0.3, -0.25) is 9.69 Å². The zero-order valence-electron chi connectivity index (χ0n) is 21.7. The van der Waals surface area contributed by atoms with E-state index in [1.807, 2.05) is 18.0 Å². The molecule has 2 saturated heterocycles. The van der Waals surface area contributed by atoms with Crippen LogP contribution in [0.15, 0.2) is 24.3 Å². The number of hydrogen-bond donors (Lipinski definition) is 1. The number of ether oxygens (including phenoxy) is 1. The van der Waals surface area contributed by atoms with Crippen molar-refractivity contribution in [2.75, 3.05) is 47.4 Å². The summed E-state index contributed by atoms with van der Waals surface area (Å²) in [6.45, 7) is 2.36. The average molecular weight is 525 g/mol. The minimum Gasteiger partial charge on any atom is -0.378 e. The van der Waals surface area contributed by atoms with E-state index < -0.39 is 10.2 Å². The van der Waals surface area contributed by atoms with Crippen molar-refractivity contribution in [3.05, 3.63) is 35.6 Å². The van der Waals surface area contributed by atoms with Crippen LogP contribution in [0.1, 0.15) is 56.4 Å². The fraction of sp³-hybridized carbons (Fsp3) is 0.731. The monoisotopic (exact) mass is 524 g/mol. The van der Waals surface area contributed by atoms with E-state index in [9.17, 15) is 17.6 Å². The van der Waals surface area contributed by atoms with Gasteiger partial charge in [0.15, 0.2) is 0 Å². The summed E-state index contributed by atoms with van der Waals surface area (Å²) in [4.78, 5) is 17.2. The molecule has 1 unspecified atom stereocenters. The van der Waals surface area contributed by atoms with Crippen LogP contribution in [0.2, 0.25) is 0 Å². The van der Waals surface area contributed by atoms with E-state index in [2.05, 4.69) is 9.62 Å². The number of nitrogens with one attached hydrogen (secondary N) is 1. The largest absolute Gasteiger partial charge is 0.378 e. The Balaban J connectivity index is 1.36. The van der Waals surface area contributed by atoms with Gasteiger partial charge in [0.1, 0.15) is 5.82 Å². The molecule has 10 heteroatoms. The summed E-state index contributed by atoms with van der Waals surface area (Å²) >= 11 is 0. The Bertz CT molecular complexity index is 999. The number of piperidine rings is 1. The van der Waals surface area contributed by atoms with Crippen LogP contribution in [0, 0.1) is 11.7 Å². The maximum Gasteiger partial charge on any atom is 0.279 e. The fourth-order valence-corrected chi connectivity index (χ4v) is 6.77. The van der Waals surface area contributed by atoms with Crippen molar-refractivity contribution < 1.29 is 22.3 Å². The molecule has 1 amide bonds. The second-order valence-corrected chi connectivity index (χ2v) is 12.8. The van der Waals surface area contributed by atoms with Crippen LogP contribution >= 0.6 is 0 Å². The van der Waals surface area contributed by atoms with E-state index in [4.69, 9.17) is 4.74 Å². The second-order valence-electron chi connectivity index (χ2n) is 10.8. The Morgan fingerprint density at radius 1 is 1.14 bits per heavy atom. The highest BCUT2D eigenvalue weighted by Gasteiger charge is 2.39. The minimum absolute atomic E-state index is 0.0836. The Morgan fingerprint density at radius 2 is 1.89 bits per heavy atom. The summed E-state index contributed by atoms with van der Waals surface area (Å²) in [5.74, 6) is 0.165. The standard InChI is InChI=1S/C26H41FN4O4S/c1-29(2)36(33,34)28-24-13-15-31(26(32)25-8-5-14-30(25)3)17-21(24)18-35-23-11-9-19(10-12-23)20-6-4-7-22(27)16-20/h4,6-7,16,19,21,23-25,28H,5,8-15,17-18H2,1-3H3/t19?,21-,23?,24-,25?/m0/s1. The highest BCUT2D eigenvalue weighted by atomic mass is 32.2. The Kier molecular flexibility index (Phi) is 9.04. The Morgan fingerprint density at radius 3 is 2.53 bits per heavy atom. The number of nitrogens with zero attached hydrogens (tertiary/aromatic N) is 3. The summed E-state index contributed by atoms with van der Waals surface area (Å²) < 4.78 is 49.1. The van der Waals surface area contributed by atoms with Crippen molar-refractivity contribution in [2.24, 2.45) is 5.92 Å². The van der Waals surface area contributed by atoms with Crippen molar-refractivity contribution in [2.45, 2.75) is 69.1 Å². The molecule has 0 aromatic heterocycles. The van der Waals surface area contributed by atoms with Crippen molar-refractivity contribution in [3.8, 4) is 0 Å². The maximum atomic E-state index is 13.6. The van der Waals surface area contributed by atoms with Crippen LogP contribution in [-0.2, 0) is 19.7 Å². The molecule has 202 valence electrons. The van der Waals surface area contributed by atoms with E-state index in [-0.39, 0.29) is 35.8 Å². The van der Waals surface area contributed by atoms with Gasteiger partial charge in [0, 0.05) is 39.1 Å². The number of halogens is 1. The molecule has 1 aliphatic carbocycles. The number of likely N-dealkylation sites (tertiary alicyclic amines) is 2. The highest BCUT2D eigenvalue weighted by Crippen LogP contribution is 2.35. The fourth-order valence-electron chi connectivity index (χ4n) is 5.87. The topological polar surface area (TPSA) is 82.2 Å². The molecule has 4 rings (SSSR count). The number of benzene rings is 1. The minimum atomic E-state index is -3.59. The number of carbonyl (C=O) groups excluding carboxylic acids is 1. The third kappa shape index (κ3) is 6.64. The second kappa shape index (κ2) is 11.9. The van der Waals surface area contributed by atoms with Crippen LogP contribution in [-0.4, -0.2) is 94.0 Å².